The second-order valence-electron chi connectivity index (χ2n) is 6.95. The van der Waals surface area contributed by atoms with E-state index in [0.717, 1.165) is 0 Å². The third kappa shape index (κ3) is 5.58. The van der Waals surface area contributed by atoms with Crippen LogP contribution in [-0.4, -0.2) is 19.6 Å². The van der Waals surface area contributed by atoms with E-state index in [0.29, 0.717) is 18.5 Å². The lowest BCUT2D eigenvalue weighted by molar-refractivity contribution is -0.137. The van der Waals surface area contributed by atoms with E-state index in [9.17, 15) is 13.2 Å². The van der Waals surface area contributed by atoms with Crippen molar-refractivity contribution in [1.82, 2.24) is 0 Å². The van der Waals surface area contributed by atoms with Crippen LogP contribution in [0.15, 0.2) is 18.2 Å². The molecule has 0 heterocycles. The van der Waals surface area contributed by atoms with Crippen LogP contribution in [0.2, 0.25) is 0 Å². The number of hydrogen-bond acceptors (Lipinski definition) is 2. The summed E-state index contributed by atoms with van der Waals surface area (Å²) in [6.07, 6.45) is -3.93. The molecule has 0 aliphatic carbocycles. The van der Waals surface area contributed by atoms with Gasteiger partial charge in [-0.15, -0.1) is 0 Å². The Balaban J connectivity index is 3.19. The number of nitrogens with two attached hydrogens (primary N) is 1. The highest BCUT2D eigenvalue weighted by molar-refractivity contribution is 5.56. The predicted molar refractivity (Wildman–Crippen MR) is 81.5 cm³/mol. The zero-order valence-corrected chi connectivity index (χ0v) is 13.4. The minimum Gasteiger partial charge on any atom is -0.374 e. The summed E-state index contributed by atoms with van der Waals surface area (Å²) in [6, 6.07) is 4.33. The van der Waals surface area contributed by atoms with Gasteiger partial charge in [0.2, 0.25) is 0 Å². The lowest BCUT2D eigenvalue weighted by Gasteiger charge is -2.30. The van der Waals surface area contributed by atoms with Crippen molar-refractivity contribution >= 4 is 5.69 Å². The second kappa shape index (κ2) is 6.26. The van der Waals surface area contributed by atoms with Crippen LogP contribution in [0.5, 0.6) is 0 Å². The number of rotatable bonds is 4. The first-order valence-corrected chi connectivity index (χ1v) is 7.07. The second-order valence-corrected chi connectivity index (χ2v) is 6.95. The molecule has 0 aromatic heterocycles. The molecule has 0 aliphatic heterocycles. The van der Waals surface area contributed by atoms with Gasteiger partial charge in [0.25, 0.3) is 0 Å². The molecule has 0 bridgehead atoms. The van der Waals surface area contributed by atoms with E-state index in [2.05, 4.69) is 0 Å². The summed E-state index contributed by atoms with van der Waals surface area (Å²) >= 11 is 0. The maximum absolute atomic E-state index is 13.3. The van der Waals surface area contributed by atoms with Gasteiger partial charge in [-0.3, -0.25) is 0 Å². The van der Waals surface area contributed by atoms with Crippen molar-refractivity contribution in [3.63, 3.8) is 0 Å². The minimum atomic E-state index is -4.37. The number of nitrogens with zero attached hydrogens (tertiary/aromatic N) is 1. The molecule has 120 valence electrons. The summed E-state index contributed by atoms with van der Waals surface area (Å²) in [5.74, 6) is 0. The molecule has 2 nitrogen and oxygen atoms in total. The SMILES string of the molecule is CC(N)Cc1ccc(N(C)CC(C)(C)C)c(C(F)(F)F)c1. The zero-order chi connectivity index (χ0) is 16.4. The fourth-order valence-corrected chi connectivity index (χ4v) is 2.44. The van der Waals surface area contributed by atoms with E-state index in [-0.39, 0.29) is 17.1 Å². The number of halogens is 3. The van der Waals surface area contributed by atoms with Gasteiger partial charge in [-0.05, 0) is 36.5 Å². The Hall–Kier alpha value is -1.23. The molecule has 5 heteroatoms. The van der Waals surface area contributed by atoms with Gasteiger partial charge in [0.05, 0.1) is 5.56 Å². The number of alkyl halides is 3. The molecule has 0 spiro atoms. The van der Waals surface area contributed by atoms with Gasteiger partial charge in [0.1, 0.15) is 0 Å². The van der Waals surface area contributed by atoms with Crippen LogP contribution in [0.1, 0.15) is 38.8 Å². The van der Waals surface area contributed by atoms with Crippen molar-refractivity contribution in [2.45, 2.75) is 46.3 Å². The number of hydrogen-bond donors (Lipinski definition) is 1. The predicted octanol–water partition coefficient (Wildman–Crippen LogP) is 4.08. The van der Waals surface area contributed by atoms with Gasteiger partial charge in [-0.25, -0.2) is 0 Å². The molecule has 1 aromatic carbocycles. The van der Waals surface area contributed by atoms with Crippen LogP contribution in [0.25, 0.3) is 0 Å². The maximum atomic E-state index is 13.3. The van der Waals surface area contributed by atoms with Gasteiger partial charge >= 0.3 is 6.18 Å². The van der Waals surface area contributed by atoms with Gasteiger partial charge in [0, 0.05) is 25.3 Å². The average Bonchev–Trinajstić information content (AvgIpc) is 2.24. The van der Waals surface area contributed by atoms with E-state index in [1.165, 1.54) is 6.07 Å². The summed E-state index contributed by atoms with van der Waals surface area (Å²) in [4.78, 5) is 1.67. The van der Waals surface area contributed by atoms with E-state index in [1.807, 2.05) is 20.8 Å². The molecule has 1 atom stereocenters. The average molecular weight is 302 g/mol. The van der Waals surface area contributed by atoms with Gasteiger partial charge < -0.3 is 10.6 Å². The summed E-state index contributed by atoms with van der Waals surface area (Å²) in [7, 11) is 1.70. The lowest BCUT2D eigenvalue weighted by Crippen LogP contribution is -2.31. The van der Waals surface area contributed by atoms with Gasteiger partial charge in [-0.2, -0.15) is 13.2 Å². The molecule has 2 N–H and O–H groups in total. The molecule has 21 heavy (non-hydrogen) atoms. The Morgan fingerprint density at radius 1 is 1.19 bits per heavy atom. The number of benzene rings is 1. The summed E-state index contributed by atoms with van der Waals surface area (Å²) < 4.78 is 39.9. The number of anilines is 1. The van der Waals surface area contributed by atoms with Crippen LogP contribution in [-0.2, 0) is 12.6 Å². The van der Waals surface area contributed by atoms with Crippen LogP contribution in [0.4, 0.5) is 18.9 Å². The third-order valence-electron chi connectivity index (χ3n) is 3.05. The van der Waals surface area contributed by atoms with Crippen molar-refractivity contribution in [1.29, 1.82) is 0 Å². The first-order valence-electron chi connectivity index (χ1n) is 7.07. The normalized spacial score (nSPS) is 14.1. The summed E-state index contributed by atoms with van der Waals surface area (Å²) in [5.41, 5.74) is 5.83. The van der Waals surface area contributed by atoms with Crippen LogP contribution < -0.4 is 10.6 Å². The Morgan fingerprint density at radius 2 is 1.76 bits per heavy atom. The molecule has 1 unspecified atom stereocenters. The Kier molecular flexibility index (Phi) is 5.31. The largest absolute Gasteiger partial charge is 0.418 e. The molecule has 0 aliphatic rings. The Morgan fingerprint density at radius 3 is 2.19 bits per heavy atom. The minimum absolute atomic E-state index is 0.0813. The van der Waals surface area contributed by atoms with Gasteiger partial charge in [-0.1, -0.05) is 26.8 Å². The summed E-state index contributed by atoms with van der Waals surface area (Å²) in [5, 5.41) is 0. The quantitative estimate of drug-likeness (QED) is 0.908. The molecule has 0 radical (unpaired) electrons. The standard InChI is InChI=1S/C16H25F3N2/c1-11(20)8-12-6-7-14(13(9-12)16(17,18)19)21(5)10-15(2,3)4/h6-7,9,11H,8,10,20H2,1-5H3. The van der Waals surface area contributed by atoms with Crippen LogP contribution in [0.3, 0.4) is 0 Å². The molecular weight excluding hydrogens is 277 g/mol. The first kappa shape index (κ1) is 17.8. The van der Waals surface area contributed by atoms with Crippen molar-refractivity contribution in [2.75, 3.05) is 18.5 Å². The highest BCUT2D eigenvalue weighted by atomic mass is 19.4. The van der Waals surface area contributed by atoms with Crippen molar-refractivity contribution in [3.05, 3.63) is 29.3 Å². The molecule has 1 aromatic rings. The van der Waals surface area contributed by atoms with Crippen molar-refractivity contribution in [3.8, 4) is 0 Å². The smallest absolute Gasteiger partial charge is 0.374 e. The highest BCUT2D eigenvalue weighted by Crippen LogP contribution is 2.37. The monoisotopic (exact) mass is 302 g/mol. The molecule has 1 rings (SSSR count). The topological polar surface area (TPSA) is 29.3 Å². The van der Waals surface area contributed by atoms with Crippen molar-refractivity contribution < 1.29 is 13.2 Å². The maximum Gasteiger partial charge on any atom is 0.418 e. The van der Waals surface area contributed by atoms with E-state index >= 15 is 0 Å². The van der Waals surface area contributed by atoms with Crippen LogP contribution >= 0.6 is 0 Å². The first-order chi connectivity index (χ1) is 9.40. The molecule has 0 saturated carbocycles. The molecular formula is C16H25F3N2. The van der Waals surface area contributed by atoms with Crippen molar-refractivity contribution in [2.24, 2.45) is 11.1 Å². The van der Waals surface area contributed by atoms with E-state index in [4.69, 9.17) is 5.73 Å². The van der Waals surface area contributed by atoms with Gasteiger partial charge in [0.15, 0.2) is 0 Å². The summed E-state index contributed by atoms with van der Waals surface area (Å²) in [6.45, 7) is 8.33. The molecule has 0 fully saturated rings. The van der Waals surface area contributed by atoms with E-state index < -0.39 is 11.7 Å². The zero-order valence-electron chi connectivity index (χ0n) is 13.4. The molecule has 0 saturated heterocycles. The fourth-order valence-electron chi connectivity index (χ4n) is 2.44. The highest BCUT2D eigenvalue weighted by Gasteiger charge is 2.35. The molecule has 0 amide bonds. The fraction of sp³-hybridized carbons (Fsp3) is 0.625. The third-order valence-corrected chi connectivity index (χ3v) is 3.05. The van der Waals surface area contributed by atoms with E-state index in [1.54, 1.807) is 31.0 Å². The Labute approximate surface area is 125 Å². The lowest BCUT2D eigenvalue weighted by atomic mass is 9.95. The Bertz CT molecular complexity index is 473. The van der Waals surface area contributed by atoms with Crippen LogP contribution in [0, 0.1) is 5.41 Å².